The molecule has 1 spiro atoms. The van der Waals surface area contributed by atoms with Gasteiger partial charge in [-0.25, -0.2) is 18.0 Å². The Balaban J connectivity index is 1.58. The molecule has 31 heavy (non-hydrogen) atoms. The molecule has 1 heterocycles. The van der Waals surface area contributed by atoms with E-state index in [1.54, 1.807) is 6.07 Å². The summed E-state index contributed by atoms with van der Waals surface area (Å²) in [7, 11) is 0. The van der Waals surface area contributed by atoms with Gasteiger partial charge in [-0.2, -0.15) is 0 Å². The SMILES string of the molecule is O=C(CN1C(=O)N(c2ccc(Cl)c(F)c2)CC12CCCCC2)Nc1cc(F)cc(F)c1. The van der Waals surface area contributed by atoms with E-state index in [2.05, 4.69) is 5.32 Å². The van der Waals surface area contributed by atoms with Gasteiger partial charge in [0.25, 0.3) is 0 Å². The average molecular weight is 452 g/mol. The van der Waals surface area contributed by atoms with Crippen LogP contribution >= 0.6 is 11.6 Å². The second-order valence-electron chi connectivity index (χ2n) is 8.04. The zero-order valence-corrected chi connectivity index (χ0v) is 17.4. The first-order valence-corrected chi connectivity index (χ1v) is 10.5. The molecule has 0 unspecified atom stereocenters. The van der Waals surface area contributed by atoms with Gasteiger partial charge in [0.15, 0.2) is 0 Å². The van der Waals surface area contributed by atoms with Crippen LogP contribution in [0.3, 0.4) is 0 Å². The number of rotatable bonds is 4. The van der Waals surface area contributed by atoms with Crippen molar-refractivity contribution in [2.75, 3.05) is 23.3 Å². The molecule has 0 aromatic heterocycles. The van der Waals surface area contributed by atoms with E-state index in [1.807, 2.05) is 0 Å². The van der Waals surface area contributed by atoms with Gasteiger partial charge in [0.05, 0.1) is 17.1 Å². The normalized spacial score (nSPS) is 18.0. The lowest BCUT2D eigenvalue weighted by atomic mass is 9.81. The molecule has 1 saturated heterocycles. The summed E-state index contributed by atoms with van der Waals surface area (Å²) in [6.07, 6.45) is 4.28. The first kappa shape index (κ1) is 21.5. The lowest BCUT2D eigenvalue weighted by molar-refractivity contribution is -0.117. The van der Waals surface area contributed by atoms with E-state index in [4.69, 9.17) is 11.6 Å². The van der Waals surface area contributed by atoms with Gasteiger partial charge in [-0.3, -0.25) is 9.69 Å². The van der Waals surface area contributed by atoms with E-state index in [-0.39, 0.29) is 17.3 Å². The minimum atomic E-state index is -0.813. The van der Waals surface area contributed by atoms with Crippen LogP contribution in [0, 0.1) is 17.5 Å². The van der Waals surface area contributed by atoms with E-state index < -0.39 is 34.9 Å². The molecule has 2 aromatic carbocycles. The third kappa shape index (κ3) is 4.35. The number of hydrogen-bond donors (Lipinski definition) is 1. The third-order valence-corrected chi connectivity index (χ3v) is 6.24. The molecule has 5 nitrogen and oxygen atoms in total. The molecule has 0 bridgehead atoms. The molecule has 3 amide bonds. The second-order valence-corrected chi connectivity index (χ2v) is 8.45. The summed E-state index contributed by atoms with van der Waals surface area (Å²) >= 11 is 5.77. The maximum atomic E-state index is 14.0. The van der Waals surface area contributed by atoms with E-state index >= 15 is 0 Å². The maximum Gasteiger partial charge on any atom is 0.325 e. The second kappa shape index (κ2) is 8.42. The van der Waals surface area contributed by atoms with Crippen LogP contribution in [0.2, 0.25) is 5.02 Å². The Morgan fingerprint density at radius 1 is 1.03 bits per heavy atom. The third-order valence-electron chi connectivity index (χ3n) is 5.93. The van der Waals surface area contributed by atoms with Gasteiger partial charge in [0, 0.05) is 17.4 Å². The Hall–Kier alpha value is -2.74. The molecule has 1 saturated carbocycles. The molecule has 1 aliphatic heterocycles. The molecular formula is C22H21ClF3N3O2. The monoisotopic (exact) mass is 451 g/mol. The van der Waals surface area contributed by atoms with Crippen molar-refractivity contribution >= 4 is 34.9 Å². The summed E-state index contributed by atoms with van der Waals surface area (Å²) in [6.45, 7) is 0.0539. The number of benzene rings is 2. The van der Waals surface area contributed by atoms with Crippen LogP contribution in [-0.4, -0.2) is 35.5 Å². The van der Waals surface area contributed by atoms with E-state index in [0.29, 0.717) is 31.1 Å². The standard InChI is InChI=1S/C22H21ClF3N3O2/c23-18-5-4-17(11-19(18)26)28-13-22(6-2-1-3-7-22)29(21(28)31)12-20(30)27-16-9-14(24)8-15(25)10-16/h4-5,8-11H,1-3,6-7,12-13H2,(H,27,30). The van der Waals surface area contributed by atoms with Gasteiger partial charge in [-0.05, 0) is 43.2 Å². The van der Waals surface area contributed by atoms with Crippen molar-refractivity contribution in [3.05, 3.63) is 58.9 Å². The van der Waals surface area contributed by atoms with Crippen molar-refractivity contribution in [1.82, 2.24) is 4.90 Å². The first-order valence-electron chi connectivity index (χ1n) is 10.1. The van der Waals surface area contributed by atoms with Crippen molar-refractivity contribution in [2.45, 2.75) is 37.6 Å². The topological polar surface area (TPSA) is 52.7 Å². The molecule has 2 aromatic rings. The zero-order chi connectivity index (χ0) is 22.2. The van der Waals surface area contributed by atoms with Crippen molar-refractivity contribution in [3.8, 4) is 0 Å². The highest BCUT2D eigenvalue weighted by Crippen LogP contribution is 2.41. The molecule has 0 atom stereocenters. The number of nitrogens with zero attached hydrogens (tertiary/aromatic N) is 2. The predicted molar refractivity (Wildman–Crippen MR) is 112 cm³/mol. The number of carbonyl (C=O) groups excluding carboxylic acids is 2. The quantitative estimate of drug-likeness (QED) is 0.682. The predicted octanol–water partition coefficient (Wildman–Crippen LogP) is 5.34. The van der Waals surface area contributed by atoms with Crippen molar-refractivity contribution in [1.29, 1.82) is 0 Å². The van der Waals surface area contributed by atoms with E-state index in [9.17, 15) is 22.8 Å². The fourth-order valence-electron chi connectivity index (χ4n) is 4.49. The maximum absolute atomic E-state index is 14.0. The van der Waals surface area contributed by atoms with Crippen LogP contribution in [-0.2, 0) is 4.79 Å². The van der Waals surface area contributed by atoms with Crippen LogP contribution < -0.4 is 10.2 Å². The molecule has 1 aliphatic carbocycles. The Labute approximate surface area is 182 Å². The molecule has 0 radical (unpaired) electrons. The van der Waals surface area contributed by atoms with Gasteiger partial charge in [-0.15, -0.1) is 0 Å². The Morgan fingerprint density at radius 3 is 2.35 bits per heavy atom. The number of amides is 3. The molecule has 1 N–H and O–H groups in total. The molecule has 2 aliphatic rings. The zero-order valence-electron chi connectivity index (χ0n) is 16.6. The Kier molecular flexibility index (Phi) is 5.83. The summed E-state index contributed by atoms with van der Waals surface area (Å²) in [4.78, 5) is 28.9. The van der Waals surface area contributed by atoms with Crippen LogP contribution in [0.5, 0.6) is 0 Å². The summed E-state index contributed by atoms with van der Waals surface area (Å²) in [5, 5.41) is 2.41. The number of anilines is 2. The fourth-order valence-corrected chi connectivity index (χ4v) is 4.61. The highest BCUT2D eigenvalue weighted by atomic mass is 35.5. The van der Waals surface area contributed by atoms with Crippen LogP contribution in [0.15, 0.2) is 36.4 Å². The summed E-state index contributed by atoms with van der Waals surface area (Å²) in [5.41, 5.74) is -0.217. The lowest BCUT2D eigenvalue weighted by Crippen LogP contribution is -2.51. The fraction of sp³-hybridized carbons (Fsp3) is 0.364. The minimum Gasteiger partial charge on any atom is -0.324 e. The van der Waals surface area contributed by atoms with Crippen LogP contribution in [0.1, 0.15) is 32.1 Å². The van der Waals surface area contributed by atoms with Crippen LogP contribution in [0.4, 0.5) is 29.3 Å². The minimum absolute atomic E-state index is 0.0246. The Morgan fingerprint density at radius 2 is 1.71 bits per heavy atom. The lowest BCUT2D eigenvalue weighted by Gasteiger charge is -2.39. The summed E-state index contributed by atoms with van der Waals surface area (Å²) in [6, 6.07) is 6.47. The van der Waals surface area contributed by atoms with Crippen LogP contribution in [0.25, 0.3) is 0 Å². The summed E-state index contributed by atoms with van der Waals surface area (Å²) < 4.78 is 40.9. The number of urea groups is 1. The average Bonchev–Trinajstić information content (AvgIpc) is 2.96. The van der Waals surface area contributed by atoms with E-state index in [1.165, 1.54) is 21.9 Å². The van der Waals surface area contributed by atoms with Crippen molar-refractivity contribution in [3.63, 3.8) is 0 Å². The molecule has 2 fully saturated rings. The van der Waals surface area contributed by atoms with Crippen molar-refractivity contribution in [2.24, 2.45) is 0 Å². The van der Waals surface area contributed by atoms with Gasteiger partial charge < -0.3 is 10.2 Å². The number of halogens is 4. The molecule has 164 valence electrons. The number of hydrogen-bond acceptors (Lipinski definition) is 2. The van der Waals surface area contributed by atoms with E-state index in [0.717, 1.165) is 31.4 Å². The smallest absolute Gasteiger partial charge is 0.324 e. The first-order chi connectivity index (χ1) is 14.8. The number of carbonyl (C=O) groups is 2. The van der Waals surface area contributed by atoms with Gasteiger partial charge >= 0.3 is 6.03 Å². The van der Waals surface area contributed by atoms with Gasteiger partial charge in [0.1, 0.15) is 24.0 Å². The van der Waals surface area contributed by atoms with Crippen molar-refractivity contribution < 1.29 is 22.8 Å². The largest absolute Gasteiger partial charge is 0.325 e. The highest BCUT2D eigenvalue weighted by Gasteiger charge is 2.50. The van der Waals surface area contributed by atoms with Gasteiger partial charge in [-0.1, -0.05) is 30.9 Å². The molecular weight excluding hydrogens is 431 g/mol. The summed E-state index contributed by atoms with van der Waals surface area (Å²) in [5.74, 6) is -2.82. The Bertz CT molecular complexity index is 1010. The number of nitrogens with one attached hydrogen (secondary N) is 1. The van der Waals surface area contributed by atoms with Gasteiger partial charge in [0.2, 0.25) is 5.91 Å². The molecule has 9 heteroatoms. The molecule has 4 rings (SSSR count). The highest BCUT2D eigenvalue weighted by molar-refractivity contribution is 6.30.